The lowest BCUT2D eigenvalue weighted by atomic mass is 10.3. The van der Waals surface area contributed by atoms with Crippen LogP contribution < -0.4 is 5.73 Å². The van der Waals surface area contributed by atoms with Crippen molar-refractivity contribution in [3.05, 3.63) is 23.7 Å². The zero-order chi connectivity index (χ0) is 10.1. The highest BCUT2D eigenvalue weighted by molar-refractivity contribution is 5.74. The van der Waals surface area contributed by atoms with Crippen molar-refractivity contribution in [1.29, 1.82) is 0 Å². The Morgan fingerprint density at radius 2 is 2.43 bits per heavy atom. The summed E-state index contributed by atoms with van der Waals surface area (Å²) in [5, 5.41) is 9.47. The number of nitrogens with zero attached hydrogens (tertiary/aromatic N) is 2. The lowest BCUT2D eigenvalue weighted by molar-refractivity contribution is 0.178. The fourth-order valence-corrected chi connectivity index (χ4v) is 1.32. The van der Waals surface area contributed by atoms with Crippen LogP contribution in [0.1, 0.15) is 17.5 Å². The summed E-state index contributed by atoms with van der Waals surface area (Å²) in [6, 6.07) is 1.89. The van der Waals surface area contributed by atoms with E-state index in [9.17, 15) is 5.11 Å². The van der Waals surface area contributed by atoms with Crippen LogP contribution in [-0.2, 0) is 0 Å². The summed E-state index contributed by atoms with van der Waals surface area (Å²) >= 11 is 0. The van der Waals surface area contributed by atoms with Crippen molar-refractivity contribution in [1.82, 2.24) is 15.0 Å². The van der Waals surface area contributed by atoms with Crippen molar-refractivity contribution in [3.8, 4) is 0 Å². The van der Waals surface area contributed by atoms with Crippen molar-refractivity contribution >= 4 is 11.2 Å². The zero-order valence-corrected chi connectivity index (χ0v) is 7.86. The molecule has 5 nitrogen and oxygen atoms in total. The lowest BCUT2D eigenvalue weighted by Crippen LogP contribution is -2.12. The van der Waals surface area contributed by atoms with Crippen molar-refractivity contribution in [3.63, 3.8) is 0 Å². The Balaban J connectivity index is 2.56. The smallest absolute Gasteiger partial charge is 0.178 e. The number of aliphatic hydroxyl groups excluding tert-OH is 1. The molecule has 0 amide bonds. The standard InChI is InChI=1S/C9H12N4O/c1-5-2-3-11-9-7(5)12-8(13-9)6(14)4-10/h2-3,6,14H,4,10H2,1H3,(H,11,12,13). The molecule has 14 heavy (non-hydrogen) atoms. The summed E-state index contributed by atoms with van der Waals surface area (Å²) < 4.78 is 0. The van der Waals surface area contributed by atoms with Gasteiger partial charge in [0, 0.05) is 12.7 Å². The molecule has 74 valence electrons. The Bertz CT molecular complexity index is 451. The predicted molar refractivity (Wildman–Crippen MR) is 52.6 cm³/mol. The number of hydrogen-bond donors (Lipinski definition) is 3. The Kier molecular flexibility index (Phi) is 2.18. The Hall–Kier alpha value is -1.46. The van der Waals surface area contributed by atoms with Crippen molar-refractivity contribution < 1.29 is 5.11 Å². The third-order valence-electron chi connectivity index (χ3n) is 2.16. The Morgan fingerprint density at radius 1 is 1.64 bits per heavy atom. The molecule has 0 bridgehead atoms. The molecule has 0 aliphatic rings. The minimum Gasteiger partial charge on any atom is -0.384 e. The Labute approximate surface area is 81.0 Å². The van der Waals surface area contributed by atoms with Gasteiger partial charge in [0.1, 0.15) is 11.9 Å². The van der Waals surface area contributed by atoms with E-state index in [1.54, 1.807) is 6.20 Å². The number of nitrogens with one attached hydrogen (secondary N) is 1. The van der Waals surface area contributed by atoms with E-state index in [1.807, 2.05) is 13.0 Å². The average molecular weight is 192 g/mol. The highest BCUT2D eigenvalue weighted by Crippen LogP contribution is 2.16. The minimum absolute atomic E-state index is 0.152. The highest BCUT2D eigenvalue weighted by atomic mass is 16.3. The molecule has 2 rings (SSSR count). The van der Waals surface area contributed by atoms with Gasteiger partial charge >= 0.3 is 0 Å². The number of aromatic amines is 1. The summed E-state index contributed by atoms with van der Waals surface area (Å²) in [6.07, 6.45) is 0.945. The molecule has 0 aliphatic carbocycles. The van der Waals surface area contributed by atoms with E-state index in [0.29, 0.717) is 11.5 Å². The van der Waals surface area contributed by atoms with Crippen molar-refractivity contribution in [2.24, 2.45) is 5.73 Å². The van der Waals surface area contributed by atoms with Crippen LogP contribution in [0.4, 0.5) is 0 Å². The molecule has 5 heteroatoms. The maximum Gasteiger partial charge on any atom is 0.178 e. The van der Waals surface area contributed by atoms with Gasteiger partial charge in [0.2, 0.25) is 0 Å². The molecule has 0 saturated carbocycles. The topological polar surface area (TPSA) is 87.8 Å². The Morgan fingerprint density at radius 3 is 3.07 bits per heavy atom. The maximum absolute atomic E-state index is 9.47. The van der Waals surface area contributed by atoms with Crippen molar-refractivity contribution in [2.45, 2.75) is 13.0 Å². The van der Waals surface area contributed by atoms with Crippen LogP contribution >= 0.6 is 0 Å². The van der Waals surface area contributed by atoms with E-state index in [4.69, 9.17) is 5.73 Å². The third kappa shape index (κ3) is 1.36. The monoisotopic (exact) mass is 192 g/mol. The van der Waals surface area contributed by atoms with Crippen LogP contribution in [0.2, 0.25) is 0 Å². The molecule has 0 saturated heterocycles. The van der Waals surface area contributed by atoms with Gasteiger partial charge in [0.25, 0.3) is 0 Å². The molecule has 0 aromatic carbocycles. The van der Waals surface area contributed by atoms with Crippen LogP contribution in [0.25, 0.3) is 11.2 Å². The van der Waals surface area contributed by atoms with Gasteiger partial charge in [0.05, 0.1) is 5.52 Å². The normalized spacial score (nSPS) is 13.4. The molecular formula is C9H12N4O. The van der Waals surface area contributed by atoms with E-state index in [1.165, 1.54) is 0 Å². The van der Waals surface area contributed by atoms with Crippen molar-refractivity contribution in [2.75, 3.05) is 6.54 Å². The molecule has 2 aromatic heterocycles. The first-order valence-corrected chi connectivity index (χ1v) is 4.41. The van der Waals surface area contributed by atoms with E-state index in [0.717, 1.165) is 11.1 Å². The number of nitrogens with two attached hydrogens (primary N) is 1. The minimum atomic E-state index is -0.747. The molecule has 2 aromatic rings. The molecular weight excluding hydrogens is 180 g/mol. The van der Waals surface area contributed by atoms with Crippen LogP contribution in [0, 0.1) is 6.92 Å². The summed E-state index contributed by atoms with van der Waals surface area (Å²) in [5.41, 5.74) is 7.86. The maximum atomic E-state index is 9.47. The van der Waals surface area contributed by atoms with E-state index >= 15 is 0 Å². The zero-order valence-electron chi connectivity index (χ0n) is 7.86. The fourth-order valence-electron chi connectivity index (χ4n) is 1.32. The average Bonchev–Trinajstić information content (AvgIpc) is 2.62. The number of imidazole rings is 1. The van der Waals surface area contributed by atoms with Gasteiger partial charge < -0.3 is 15.8 Å². The summed E-state index contributed by atoms with van der Waals surface area (Å²) in [6.45, 7) is 2.11. The highest BCUT2D eigenvalue weighted by Gasteiger charge is 2.11. The summed E-state index contributed by atoms with van der Waals surface area (Å²) in [5.74, 6) is 0.476. The second-order valence-corrected chi connectivity index (χ2v) is 3.20. The van der Waals surface area contributed by atoms with Gasteiger partial charge in [-0.3, -0.25) is 0 Å². The number of aryl methyl sites for hydroxylation is 1. The molecule has 0 spiro atoms. The van der Waals surface area contributed by atoms with Gasteiger partial charge in [-0.15, -0.1) is 0 Å². The molecule has 0 aliphatic heterocycles. The van der Waals surface area contributed by atoms with E-state index < -0.39 is 6.10 Å². The van der Waals surface area contributed by atoms with Gasteiger partial charge in [-0.1, -0.05) is 0 Å². The third-order valence-corrected chi connectivity index (χ3v) is 2.16. The van der Waals surface area contributed by atoms with E-state index in [-0.39, 0.29) is 6.54 Å². The van der Waals surface area contributed by atoms with Gasteiger partial charge in [0.15, 0.2) is 5.65 Å². The van der Waals surface area contributed by atoms with Gasteiger partial charge in [-0.2, -0.15) is 0 Å². The summed E-state index contributed by atoms with van der Waals surface area (Å²) in [7, 11) is 0. The quantitative estimate of drug-likeness (QED) is 0.636. The predicted octanol–water partition coefficient (Wildman–Crippen LogP) is 0.258. The van der Waals surface area contributed by atoms with E-state index in [2.05, 4.69) is 15.0 Å². The molecule has 1 atom stereocenters. The number of aromatic nitrogens is 3. The molecule has 0 fully saturated rings. The second kappa shape index (κ2) is 3.36. The molecule has 1 unspecified atom stereocenters. The largest absolute Gasteiger partial charge is 0.384 e. The number of H-pyrrole nitrogens is 1. The lowest BCUT2D eigenvalue weighted by Gasteiger charge is -2.01. The summed E-state index contributed by atoms with van der Waals surface area (Å²) in [4.78, 5) is 11.2. The first-order valence-electron chi connectivity index (χ1n) is 4.41. The number of hydrogen-bond acceptors (Lipinski definition) is 4. The molecule has 0 radical (unpaired) electrons. The van der Waals surface area contributed by atoms with Crippen LogP contribution in [0.3, 0.4) is 0 Å². The van der Waals surface area contributed by atoms with Crippen LogP contribution in [0.15, 0.2) is 12.3 Å². The first-order chi connectivity index (χ1) is 6.72. The van der Waals surface area contributed by atoms with Crippen LogP contribution in [0.5, 0.6) is 0 Å². The number of pyridine rings is 1. The number of rotatable bonds is 2. The number of aliphatic hydroxyl groups is 1. The number of fused-ring (bicyclic) bond motifs is 1. The van der Waals surface area contributed by atoms with Gasteiger partial charge in [-0.25, -0.2) is 9.97 Å². The SMILES string of the molecule is Cc1ccnc2nc(C(O)CN)[nH]c12. The fraction of sp³-hybridized carbons (Fsp3) is 0.333. The first kappa shape index (κ1) is 9.11. The van der Waals surface area contributed by atoms with Crippen LogP contribution in [-0.4, -0.2) is 26.6 Å². The molecule has 2 heterocycles. The second-order valence-electron chi connectivity index (χ2n) is 3.20. The molecule has 4 N–H and O–H groups in total. The van der Waals surface area contributed by atoms with Gasteiger partial charge in [-0.05, 0) is 18.6 Å².